The molecule has 1 aromatic heterocycles. The summed E-state index contributed by atoms with van der Waals surface area (Å²) in [5, 5.41) is 4.35. The van der Waals surface area contributed by atoms with Gasteiger partial charge in [-0.15, -0.1) is 0 Å². The first kappa shape index (κ1) is 20.2. The quantitative estimate of drug-likeness (QED) is 0.679. The summed E-state index contributed by atoms with van der Waals surface area (Å²) in [7, 11) is 1.71. The highest BCUT2D eigenvalue weighted by molar-refractivity contribution is 5.77. The van der Waals surface area contributed by atoms with E-state index in [0.29, 0.717) is 26.3 Å². The van der Waals surface area contributed by atoms with Crippen LogP contribution in [0.1, 0.15) is 56.7 Å². The van der Waals surface area contributed by atoms with Crippen LogP contribution in [0.15, 0.2) is 4.52 Å². The molecule has 3 rings (SSSR count). The van der Waals surface area contributed by atoms with Crippen LogP contribution in [-0.2, 0) is 24.4 Å². The lowest BCUT2D eigenvalue weighted by molar-refractivity contribution is -0.137. The lowest BCUT2D eigenvalue weighted by Gasteiger charge is -2.39. The number of carbonyl (C=O) groups is 1. The number of amides is 1. The van der Waals surface area contributed by atoms with Crippen LogP contribution in [0.3, 0.4) is 0 Å². The Morgan fingerprint density at radius 1 is 1.30 bits per heavy atom. The summed E-state index contributed by atoms with van der Waals surface area (Å²) in [4.78, 5) is 18.9. The van der Waals surface area contributed by atoms with Crippen LogP contribution in [0.2, 0.25) is 0 Å². The van der Waals surface area contributed by atoms with E-state index in [-0.39, 0.29) is 23.8 Å². The van der Waals surface area contributed by atoms with Crippen molar-refractivity contribution in [3.8, 4) is 0 Å². The Morgan fingerprint density at radius 3 is 2.70 bits per heavy atom. The summed E-state index contributed by atoms with van der Waals surface area (Å²) in [6, 6.07) is 0. The molecular weight excluding hydrogens is 350 g/mol. The molecule has 0 aromatic carbocycles. The van der Waals surface area contributed by atoms with Gasteiger partial charge in [0.15, 0.2) is 5.82 Å². The molecule has 2 aliphatic heterocycles. The highest BCUT2D eigenvalue weighted by atomic mass is 16.5. The Kier molecular flexibility index (Phi) is 7.20. The molecule has 27 heavy (non-hydrogen) atoms. The minimum Gasteiger partial charge on any atom is -0.385 e. The van der Waals surface area contributed by atoms with Crippen LogP contribution in [0, 0.1) is 0 Å². The van der Waals surface area contributed by atoms with Gasteiger partial charge in [0, 0.05) is 58.0 Å². The molecule has 0 radical (unpaired) electrons. The van der Waals surface area contributed by atoms with E-state index >= 15 is 0 Å². The number of likely N-dealkylation sites (tertiary alicyclic amines) is 1. The van der Waals surface area contributed by atoms with Crippen molar-refractivity contribution < 1.29 is 23.5 Å². The highest BCUT2D eigenvalue weighted by Gasteiger charge is 2.41. The zero-order valence-corrected chi connectivity index (χ0v) is 16.4. The van der Waals surface area contributed by atoms with Crippen molar-refractivity contribution in [2.75, 3.05) is 53.2 Å². The molecule has 2 aliphatic rings. The fourth-order valence-corrected chi connectivity index (χ4v) is 3.91. The molecule has 2 fully saturated rings. The molecule has 0 bridgehead atoms. The van der Waals surface area contributed by atoms with Crippen molar-refractivity contribution in [2.45, 2.75) is 50.4 Å². The maximum atomic E-state index is 12.2. The van der Waals surface area contributed by atoms with E-state index in [1.165, 1.54) is 0 Å². The lowest BCUT2D eigenvalue weighted by atomic mass is 9.75. The topological polar surface area (TPSA) is 86.9 Å². The second-order valence-electron chi connectivity index (χ2n) is 7.38. The first-order valence-corrected chi connectivity index (χ1v) is 9.95. The number of hydrogen-bond acceptors (Lipinski definition) is 7. The number of rotatable bonds is 8. The van der Waals surface area contributed by atoms with Gasteiger partial charge in [-0.2, -0.15) is 4.98 Å². The molecule has 8 heteroatoms. The normalized spacial score (nSPS) is 20.7. The van der Waals surface area contributed by atoms with E-state index in [2.05, 4.69) is 5.16 Å². The van der Waals surface area contributed by atoms with Gasteiger partial charge in [-0.1, -0.05) is 5.16 Å². The van der Waals surface area contributed by atoms with Crippen molar-refractivity contribution >= 4 is 5.91 Å². The van der Waals surface area contributed by atoms with E-state index < -0.39 is 0 Å². The highest BCUT2D eigenvalue weighted by Crippen LogP contribution is 2.38. The molecule has 0 spiro atoms. The van der Waals surface area contributed by atoms with Crippen molar-refractivity contribution in [3.63, 3.8) is 0 Å². The molecule has 2 saturated heterocycles. The fraction of sp³-hybridized carbons (Fsp3) is 0.842. The summed E-state index contributed by atoms with van der Waals surface area (Å²) in [6.07, 6.45) is 4.28. The summed E-state index contributed by atoms with van der Waals surface area (Å²) >= 11 is 0. The molecular formula is C19H31N3O5. The van der Waals surface area contributed by atoms with Gasteiger partial charge in [-0.25, -0.2) is 0 Å². The van der Waals surface area contributed by atoms with Gasteiger partial charge >= 0.3 is 0 Å². The summed E-state index contributed by atoms with van der Waals surface area (Å²) in [6.45, 7) is 6.07. The number of hydrogen-bond donors (Lipinski definition) is 0. The zero-order valence-electron chi connectivity index (χ0n) is 16.4. The van der Waals surface area contributed by atoms with Crippen molar-refractivity contribution in [1.29, 1.82) is 0 Å². The SMILES string of the molecule is CCOCC(=O)N1CCC(CCOC)(c2noc(C3CCOCC3)n2)CC1. The minimum absolute atomic E-state index is 0.0493. The molecule has 1 aromatic rings. The Balaban J connectivity index is 1.69. The first-order valence-electron chi connectivity index (χ1n) is 9.95. The molecule has 152 valence electrons. The van der Waals surface area contributed by atoms with Gasteiger partial charge in [-0.3, -0.25) is 4.79 Å². The zero-order chi connectivity index (χ0) is 19.1. The molecule has 0 saturated carbocycles. The monoisotopic (exact) mass is 381 g/mol. The molecule has 0 aliphatic carbocycles. The predicted octanol–water partition coefficient (Wildman–Crippen LogP) is 1.90. The van der Waals surface area contributed by atoms with Gasteiger partial charge in [0.05, 0.1) is 0 Å². The van der Waals surface area contributed by atoms with Crippen LogP contribution in [-0.4, -0.2) is 74.2 Å². The molecule has 3 heterocycles. The van der Waals surface area contributed by atoms with E-state index in [1.807, 2.05) is 11.8 Å². The van der Waals surface area contributed by atoms with Crippen LogP contribution in [0.5, 0.6) is 0 Å². The van der Waals surface area contributed by atoms with E-state index in [4.69, 9.17) is 23.7 Å². The van der Waals surface area contributed by atoms with E-state index in [9.17, 15) is 4.79 Å². The van der Waals surface area contributed by atoms with Gasteiger partial charge < -0.3 is 23.6 Å². The third-order valence-electron chi connectivity index (χ3n) is 5.77. The molecule has 1 amide bonds. The van der Waals surface area contributed by atoms with Crippen LogP contribution < -0.4 is 0 Å². The van der Waals surface area contributed by atoms with Gasteiger partial charge in [0.25, 0.3) is 0 Å². The standard InChI is InChI=1S/C19H31N3O5/c1-3-25-14-16(23)22-9-6-19(7-10-22,8-13-24-2)18-20-17(27-21-18)15-4-11-26-12-5-15/h15H,3-14H2,1-2H3. The second-order valence-corrected chi connectivity index (χ2v) is 7.38. The van der Waals surface area contributed by atoms with Crippen molar-refractivity contribution in [2.24, 2.45) is 0 Å². The first-order chi connectivity index (χ1) is 13.2. The number of piperidine rings is 1. The van der Waals surface area contributed by atoms with Crippen LogP contribution in [0.4, 0.5) is 0 Å². The Morgan fingerprint density at radius 2 is 2.04 bits per heavy atom. The number of carbonyl (C=O) groups excluding carboxylic acids is 1. The number of aromatic nitrogens is 2. The number of nitrogens with zero attached hydrogens (tertiary/aromatic N) is 3. The minimum atomic E-state index is -0.203. The maximum Gasteiger partial charge on any atom is 0.248 e. The summed E-state index contributed by atoms with van der Waals surface area (Å²) in [5.74, 6) is 1.82. The Hall–Kier alpha value is -1.51. The van der Waals surface area contributed by atoms with Crippen LogP contribution >= 0.6 is 0 Å². The summed E-state index contributed by atoms with van der Waals surface area (Å²) in [5.41, 5.74) is -0.203. The average molecular weight is 381 g/mol. The lowest BCUT2D eigenvalue weighted by Crippen LogP contribution is -2.47. The molecule has 0 atom stereocenters. The molecule has 0 N–H and O–H groups in total. The predicted molar refractivity (Wildman–Crippen MR) is 97.6 cm³/mol. The van der Waals surface area contributed by atoms with Gasteiger partial charge in [-0.05, 0) is 39.0 Å². The molecule has 0 unspecified atom stereocenters. The smallest absolute Gasteiger partial charge is 0.248 e. The van der Waals surface area contributed by atoms with Crippen molar-refractivity contribution in [1.82, 2.24) is 15.0 Å². The Bertz CT molecular complexity index is 592. The molecule has 8 nitrogen and oxygen atoms in total. The van der Waals surface area contributed by atoms with Gasteiger partial charge in [0.1, 0.15) is 6.61 Å². The van der Waals surface area contributed by atoms with Crippen LogP contribution in [0.25, 0.3) is 0 Å². The third kappa shape index (κ3) is 4.86. The van der Waals surface area contributed by atoms with Crippen molar-refractivity contribution in [3.05, 3.63) is 11.7 Å². The summed E-state index contributed by atoms with van der Waals surface area (Å²) < 4.78 is 21.7. The van der Waals surface area contributed by atoms with E-state index in [0.717, 1.165) is 57.0 Å². The van der Waals surface area contributed by atoms with Gasteiger partial charge in [0.2, 0.25) is 11.8 Å². The fourth-order valence-electron chi connectivity index (χ4n) is 3.91. The Labute approximate surface area is 160 Å². The largest absolute Gasteiger partial charge is 0.385 e. The third-order valence-corrected chi connectivity index (χ3v) is 5.77. The number of methoxy groups -OCH3 is 1. The van der Waals surface area contributed by atoms with E-state index in [1.54, 1.807) is 7.11 Å². The average Bonchev–Trinajstić information content (AvgIpc) is 3.22. The number of ether oxygens (including phenoxy) is 3. The second kappa shape index (κ2) is 9.61. The maximum absolute atomic E-state index is 12.2.